The molecule has 0 saturated heterocycles. The second-order valence-corrected chi connectivity index (χ2v) is 5.52. The predicted octanol–water partition coefficient (Wildman–Crippen LogP) is 2.60. The molecule has 0 fully saturated rings. The van der Waals surface area contributed by atoms with E-state index in [9.17, 15) is 9.18 Å². The Bertz CT molecular complexity index is 1100. The van der Waals surface area contributed by atoms with Gasteiger partial charge in [-0.15, -0.1) is 0 Å². The Morgan fingerprint density at radius 1 is 1.25 bits per heavy atom. The highest BCUT2D eigenvalue weighted by atomic mass is 19.1. The summed E-state index contributed by atoms with van der Waals surface area (Å²) >= 11 is 0. The molecule has 7 nitrogen and oxygen atoms in total. The fourth-order valence-electron chi connectivity index (χ4n) is 2.95. The molecule has 1 aromatic carbocycles. The number of benzene rings is 1. The van der Waals surface area contributed by atoms with Gasteiger partial charge in [0, 0.05) is 22.7 Å². The molecular formula is C16H13FN6O. The zero-order chi connectivity index (χ0) is 16.8. The third-order valence-electron chi connectivity index (χ3n) is 4.12. The molecule has 0 aliphatic rings. The highest BCUT2D eigenvalue weighted by Gasteiger charge is 2.18. The molecule has 0 unspecified atom stereocenters. The smallest absolute Gasteiger partial charge is 0.212 e. The van der Waals surface area contributed by atoms with E-state index in [4.69, 9.17) is 0 Å². The van der Waals surface area contributed by atoms with Gasteiger partial charge in [0.25, 0.3) is 0 Å². The SMILES string of the molecule is Cc1c(F)c(C)c2[nH]ncc2c1-c1cn2cc(NC=O)nc2cn1. The van der Waals surface area contributed by atoms with Crippen LogP contribution < -0.4 is 5.32 Å². The minimum absolute atomic E-state index is 0.280. The first-order chi connectivity index (χ1) is 11.6. The van der Waals surface area contributed by atoms with E-state index in [-0.39, 0.29) is 5.82 Å². The number of aromatic nitrogens is 5. The van der Waals surface area contributed by atoms with Crippen LogP contribution in [-0.4, -0.2) is 31.0 Å². The molecule has 0 aliphatic carbocycles. The van der Waals surface area contributed by atoms with Crippen molar-refractivity contribution in [3.05, 3.63) is 41.7 Å². The first-order valence-corrected chi connectivity index (χ1v) is 7.27. The summed E-state index contributed by atoms with van der Waals surface area (Å²) in [6.45, 7) is 3.44. The third-order valence-corrected chi connectivity index (χ3v) is 4.12. The first kappa shape index (κ1) is 14.3. The molecular weight excluding hydrogens is 311 g/mol. The minimum Gasteiger partial charge on any atom is -0.312 e. The van der Waals surface area contributed by atoms with Gasteiger partial charge < -0.3 is 9.72 Å². The Morgan fingerprint density at radius 2 is 2.08 bits per heavy atom. The van der Waals surface area contributed by atoms with E-state index in [2.05, 4.69) is 25.5 Å². The zero-order valence-corrected chi connectivity index (χ0v) is 13.0. The van der Waals surface area contributed by atoms with E-state index >= 15 is 0 Å². The molecule has 3 aromatic heterocycles. The van der Waals surface area contributed by atoms with Gasteiger partial charge in [-0.1, -0.05) is 0 Å². The van der Waals surface area contributed by atoms with Crippen LogP contribution in [0.5, 0.6) is 0 Å². The van der Waals surface area contributed by atoms with Crippen LogP contribution in [0, 0.1) is 19.7 Å². The molecule has 2 N–H and O–H groups in total. The van der Waals surface area contributed by atoms with E-state index < -0.39 is 0 Å². The molecule has 0 aliphatic heterocycles. The van der Waals surface area contributed by atoms with Crippen molar-refractivity contribution in [2.45, 2.75) is 13.8 Å². The molecule has 3 heterocycles. The Labute approximate surface area is 135 Å². The van der Waals surface area contributed by atoms with Crippen LogP contribution in [0.1, 0.15) is 11.1 Å². The van der Waals surface area contributed by atoms with Crippen molar-refractivity contribution in [3.8, 4) is 11.3 Å². The number of anilines is 1. The van der Waals surface area contributed by atoms with Gasteiger partial charge in [-0.25, -0.2) is 9.37 Å². The van der Waals surface area contributed by atoms with Crippen molar-refractivity contribution in [3.63, 3.8) is 0 Å². The number of carbonyl (C=O) groups excluding carboxylic acids is 1. The van der Waals surface area contributed by atoms with Crippen molar-refractivity contribution in [2.75, 3.05) is 5.32 Å². The minimum atomic E-state index is -0.280. The average Bonchev–Trinajstić information content (AvgIpc) is 3.19. The highest BCUT2D eigenvalue weighted by molar-refractivity contribution is 5.97. The van der Waals surface area contributed by atoms with Crippen LogP contribution in [0.2, 0.25) is 0 Å². The summed E-state index contributed by atoms with van der Waals surface area (Å²) in [6, 6.07) is 0. The van der Waals surface area contributed by atoms with Gasteiger partial charge in [-0.05, 0) is 19.4 Å². The molecule has 4 rings (SSSR count). The number of hydrogen-bond acceptors (Lipinski definition) is 4. The van der Waals surface area contributed by atoms with E-state index in [1.165, 1.54) is 0 Å². The lowest BCUT2D eigenvalue weighted by Crippen LogP contribution is -1.97. The lowest BCUT2D eigenvalue weighted by Gasteiger charge is -2.11. The molecule has 0 spiro atoms. The summed E-state index contributed by atoms with van der Waals surface area (Å²) in [7, 11) is 0. The summed E-state index contributed by atoms with van der Waals surface area (Å²) in [5.74, 6) is 0.141. The van der Waals surface area contributed by atoms with Gasteiger partial charge in [0.05, 0.1) is 29.8 Å². The molecule has 0 saturated carbocycles. The van der Waals surface area contributed by atoms with Gasteiger partial charge in [0.1, 0.15) is 5.82 Å². The number of imidazole rings is 1. The number of aryl methyl sites for hydroxylation is 1. The number of carbonyl (C=O) groups is 1. The number of nitrogens with zero attached hydrogens (tertiary/aromatic N) is 4. The maximum Gasteiger partial charge on any atom is 0.212 e. The normalized spacial score (nSPS) is 11.3. The lowest BCUT2D eigenvalue weighted by atomic mass is 9.97. The van der Waals surface area contributed by atoms with Crippen LogP contribution in [-0.2, 0) is 4.79 Å². The second-order valence-electron chi connectivity index (χ2n) is 5.52. The van der Waals surface area contributed by atoms with Gasteiger partial charge >= 0.3 is 0 Å². The molecule has 8 heteroatoms. The summed E-state index contributed by atoms with van der Waals surface area (Å²) in [6.07, 6.45) is 7.23. The average molecular weight is 324 g/mol. The van der Waals surface area contributed by atoms with Crippen molar-refractivity contribution in [1.82, 2.24) is 24.6 Å². The number of halogens is 1. The topological polar surface area (TPSA) is 88.0 Å². The quantitative estimate of drug-likeness (QED) is 0.567. The molecule has 0 bridgehead atoms. The van der Waals surface area contributed by atoms with Crippen LogP contribution >= 0.6 is 0 Å². The largest absolute Gasteiger partial charge is 0.312 e. The first-order valence-electron chi connectivity index (χ1n) is 7.27. The summed E-state index contributed by atoms with van der Waals surface area (Å²) in [5, 5.41) is 10.2. The second kappa shape index (κ2) is 5.12. The maximum atomic E-state index is 14.6. The Kier molecular flexibility index (Phi) is 3.05. The highest BCUT2D eigenvalue weighted by Crippen LogP contribution is 2.34. The molecule has 120 valence electrons. The van der Waals surface area contributed by atoms with Crippen LogP contribution in [0.15, 0.2) is 24.8 Å². The van der Waals surface area contributed by atoms with Crippen LogP contribution in [0.4, 0.5) is 10.2 Å². The van der Waals surface area contributed by atoms with Crippen molar-refractivity contribution < 1.29 is 9.18 Å². The number of aromatic amines is 1. The monoisotopic (exact) mass is 324 g/mol. The zero-order valence-electron chi connectivity index (χ0n) is 13.0. The number of nitrogens with one attached hydrogen (secondary N) is 2. The maximum absolute atomic E-state index is 14.6. The van der Waals surface area contributed by atoms with Crippen LogP contribution in [0.25, 0.3) is 27.8 Å². The number of rotatable bonds is 3. The standard InChI is InChI=1S/C16H13FN6O/c1-8-14(10-3-20-22-16(10)9(2)15(8)17)11-5-23-6-12(19-7-24)21-13(23)4-18-11/h3-7H,1-2H3,(H,19,24)(H,20,22). The molecule has 4 aromatic rings. The van der Waals surface area contributed by atoms with Gasteiger partial charge in [0.15, 0.2) is 11.5 Å². The summed E-state index contributed by atoms with van der Waals surface area (Å²) < 4.78 is 16.3. The van der Waals surface area contributed by atoms with Crippen molar-refractivity contribution >= 4 is 28.8 Å². The fourth-order valence-corrected chi connectivity index (χ4v) is 2.95. The summed E-state index contributed by atoms with van der Waals surface area (Å²) in [5.41, 5.74) is 3.56. The number of H-pyrrole nitrogens is 1. The van der Waals surface area contributed by atoms with E-state index in [1.807, 2.05) is 0 Å². The van der Waals surface area contributed by atoms with Gasteiger partial charge in [-0.2, -0.15) is 5.10 Å². The van der Waals surface area contributed by atoms with E-state index in [0.29, 0.717) is 45.8 Å². The van der Waals surface area contributed by atoms with E-state index in [1.54, 1.807) is 43.0 Å². The Morgan fingerprint density at radius 3 is 2.88 bits per heavy atom. The number of amides is 1. The Balaban J connectivity index is 1.99. The third kappa shape index (κ3) is 1.96. The van der Waals surface area contributed by atoms with Crippen molar-refractivity contribution in [1.29, 1.82) is 0 Å². The fraction of sp³-hybridized carbons (Fsp3) is 0.125. The molecule has 1 amide bonds. The molecule has 0 atom stereocenters. The van der Waals surface area contributed by atoms with Crippen molar-refractivity contribution in [2.24, 2.45) is 0 Å². The van der Waals surface area contributed by atoms with Gasteiger partial charge in [-0.3, -0.25) is 14.9 Å². The molecule has 24 heavy (non-hydrogen) atoms. The Hall–Kier alpha value is -3.29. The number of hydrogen-bond donors (Lipinski definition) is 2. The number of fused-ring (bicyclic) bond motifs is 2. The lowest BCUT2D eigenvalue weighted by molar-refractivity contribution is -0.105. The van der Waals surface area contributed by atoms with E-state index in [0.717, 1.165) is 5.39 Å². The summed E-state index contributed by atoms with van der Waals surface area (Å²) in [4.78, 5) is 19.2. The van der Waals surface area contributed by atoms with Crippen LogP contribution in [0.3, 0.4) is 0 Å². The molecule has 0 radical (unpaired) electrons. The van der Waals surface area contributed by atoms with Gasteiger partial charge in [0.2, 0.25) is 6.41 Å². The predicted molar refractivity (Wildman–Crippen MR) is 87.2 cm³/mol.